The monoisotopic (exact) mass is 418 g/mol. The van der Waals surface area contributed by atoms with Gasteiger partial charge >= 0.3 is 0 Å². The first-order valence-corrected chi connectivity index (χ1v) is 10.7. The van der Waals surface area contributed by atoms with Crippen molar-refractivity contribution in [3.05, 3.63) is 83.4 Å². The smallest absolute Gasteiger partial charge is 0.174 e. The number of aromatic amines is 1. The lowest BCUT2D eigenvalue weighted by molar-refractivity contribution is 0.187. The van der Waals surface area contributed by atoms with Crippen LogP contribution in [0.25, 0.3) is 5.57 Å². The van der Waals surface area contributed by atoms with Crippen molar-refractivity contribution in [1.29, 1.82) is 0 Å². The minimum Gasteiger partial charge on any atom is -0.494 e. The van der Waals surface area contributed by atoms with Crippen molar-refractivity contribution in [2.24, 2.45) is 11.1 Å². The minimum atomic E-state index is -0.404. The molecule has 2 aliphatic rings. The van der Waals surface area contributed by atoms with E-state index < -0.39 is 5.82 Å². The van der Waals surface area contributed by atoms with E-state index in [1.165, 1.54) is 18.2 Å². The van der Waals surface area contributed by atoms with Crippen LogP contribution in [0.2, 0.25) is 0 Å². The second-order valence-corrected chi connectivity index (χ2v) is 8.62. The van der Waals surface area contributed by atoms with E-state index >= 15 is 4.39 Å². The first kappa shape index (κ1) is 19.8. The van der Waals surface area contributed by atoms with Crippen LogP contribution in [0, 0.1) is 11.2 Å². The molecule has 2 heterocycles. The summed E-state index contributed by atoms with van der Waals surface area (Å²) in [6, 6.07) is 14.0. The Morgan fingerprint density at radius 1 is 1.23 bits per heavy atom. The molecule has 6 heteroatoms. The molecule has 1 aliphatic carbocycles. The van der Waals surface area contributed by atoms with E-state index in [1.807, 2.05) is 6.07 Å². The molecule has 1 spiro atoms. The Morgan fingerprint density at radius 3 is 2.68 bits per heavy atom. The number of aromatic nitrogens is 2. The van der Waals surface area contributed by atoms with E-state index in [0.29, 0.717) is 16.8 Å². The van der Waals surface area contributed by atoms with Crippen LogP contribution in [0.1, 0.15) is 41.3 Å². The van der Waals surface area contributed by atoms with Gasteiger partial charge in [-0.2, -0.15) is 5.10 Å². The molecule has 31 heavy (non-hydrogen) atoms. The molecule has 0 radical (unpaired) electrons. The van der Waals surface area contributed by atoms with Crippen LogP contribution in [0.5, 0.6) is 5.75 Å². The molecule has 160 valence electrons. The summed E-state index contributed by atoms with van der Waals surface area (Å²) in [4.78, 5) is 2.25. The fraction of sp³-hybridized carbons (Fsp3) is 0.320. The molecule has 0 unspecified atom stereocenters. The molecule has 1 aliphatic heterocycles. The van der Waals surface area contributed by atoms with E-state index in [2.05, 4.69) is 45.9 Å². The molecule has 1 atom stereocenters. The summed E-state index contributed by atoms with van der Waals surface area (Å²) in [6.07, 6.45) is 4.65. The zero-order chi connectivity index (χ0) is 21.6. The quantitative estimate of drug-likeness (QED) is 0.656. The Morgan fingerprint density at radius 2 is 2.00 bits per heavy atom. The molecule has 1 fully saturated rings. The van der Waals surface area contributed by atoms with Gasteiger partial charge in [-0.05, 0) is 54.0 Å². The average Bonchev–Trinajstić information content (AvgIpc) is 3.42. The third-order valence-corrected chi connectivity index (χ3v) is 7.11. The van der Waals surface area contributed by atoms with E-state index in [4.69, 9.17) is 10.5 Å². The number of nitrogens with zero attached hydrogens (tertiary/aromatic N) is 2. The van der Waals surface area contributed by atoms with Gasteiger partial charge in [-0.1, -0.05) is 30.8 Å². The number of piperidine rings is 1. The van der Waals surface area contributed by atoms with Gasteiger partial charge in [0.15, 0.2) is 11.6 Å². The Balaban J connectivity index is 1.45. The lowest BCUT2D eigenvalue weighted by atomic mass is 9.73. The van der Waals surface area contributed by atoms with Crippen molar-refractivity contribution in [2.45, 2.75) is 25.3 Å². The molecule has 5 nitrogen and oxygen atoms in total. The van der Waals surface area contributed by atoms with Crippen LogP contribution >= 0.6 is 0 Å². The lowest BCUT2D eigenvalue weighted by Gasteiger charge is -2.43. The summed E-state index contributed by atoms with van der Waals surface area (Å²) in [5.41, 5.74) is 11.9. The number of halogens is 1. The van der Waals surface area contributed by atoms with E-state index in [9.17, 15) is 0 Å². The Labute approximate surface area is 181 Å². The Bertz CT molecular complexity index is 1120. The van der Waals surface area contributed by atoms with Gasteiger partial charge < -0.3 is 15.4 Å². The number of hydrogen-bond acceptors (Lipinski definition) is 4. The summed E-state index contributed by atoms with van der Waals surface area (Å²) < 4.78 is 20.6. The largest absolute Gasteiger partial charge is 0.494 e. The maximum Gasteiger partial charge on any atom is 0.174 e. The first-order chi connectivity index (χ1) is 15.0. The van der Waals surface area contributed by atoms with Gasteiger partial charge in [0, 0.05) is 42.2 Å². The third-order valence-electron chi connectivity index (χ3n) is 7.11. The van der Waals surface area contributed by atoms with Crippen molar-refractivity contribution in [1.82, 2.24) is 10.2 Å². The highest BCUT2D eigenvalue weighted by atomic mass is 19.1. The minimum absolute atomic E-state index is 0.0527. The summed E-state index contributed by atoms with van der Waals surface area (Å²) >= 11 is 0. The summed E-state index contributed by atoms with van der Waals surface area (Å²) in [7, 11) is 1.48. The number of nitrogens with one attached hydrogen (secondary N) is 1. The zero-order valence-electron chi connectivity index (χ0n) is 17.7. The number of hydrogen-bond donors (Lipinski definition) is 2. The average molecular weight is 419 g/mol. The van der Waals surface area contributed by atoms with Gasteiger partial charge in [0.1, 0.15) is 0 Å². The molecule has 3 aromatic rings. The van der Waals surface area contributed by atoms with Gasteiger partial charge in [-0.3, -0.25) is 5.10 Å². The molecular weight excluding hydrogens is 391 g/mol. The van der Waals surface area contributed by atoms with Crippen LogP contribution < -0.4 is 15.4 Å². The van der Waals surface area contributed by atoms with Crippen LogP contribution in [0.15, 0.2) is 55.2 Å². The highest BCUT2D eigenvalue weighted by Gasteiger charge is 2.46. The van der Waals surface area contributed by atoms with Crippen molar-refractivity contribution >= 4 is 11.3 Å². The first-order valence-electron chi connectivity index (χ1n) is 10.7. The van der Waals surface area contributed by atoms with Crippen molar-refractivity contribution in [3.8, 4) is 5.75 Å². The number of rotatable bonds is 4. The number of benzene rings is 2. The predicted octanol–water partition coefficient (Wildman–Crippen LogP) is 4.46. The zero-order valence-corrected chi connectivity index (χ0v) is 17.7. The van der Waals surface area contributed by atoms with Crippen LogP contribution in [0.3, 0.4) is 0 Å². The molecule has 5 rings (SSSR count). The maximum absolute atomic E-state index is 15.4. The molecule has 3 N–H and O–H groups in total. The summed E-state index contributed by atoms with van der Waals surface area (Å²) in [5, 5.41) is 6.98. The van der Waals surface area contributed by atoms with Gasteiger partial charge in [0.25, 0.3) is 0 Å². The Kier molecular flexibility index (Phi) is 4.82. The topological polar surface area (TPSA) is 67.2 Å². The number of anilines is 1. The van der Waals surface area contributed by atoms with Crippen LogP contribution in [-0.4, -0.2) is 30.4 Å². The molecule has 0 amide bonds. The summed E-state index contributed by atoms with van der Waals surface area (Å²) in [6.45, 7) is 5.77. The van der Waals surface area contributed by atoms with E-state index in [-0.39, 0.29) is 17.2 Å². The van der Waals surface area contributed by atoms with Gasteiger partial charge in [0.05, 0.1) is 12.8 Å². The van der Waals surface area contributed by atoms with Crippen molar-refractivity contribution < 1.29 is 9.13 Å². The maximum atomic E-state index is 15.4. The number of H-pyrrole nitrogens is 1. The highest BCUT2D eigenvalue weighted by molar-refractivity contribution is 5.85. The number of methoxy groups -OCH3 is 1. The normalized spacial score (nSPS) is 19.5. The molecule has 1 saturated heterocycles. The van der Waals surface area contributed by atoms with Gasteiger partial charge in [-0.15, -0.1) is 0 Å². The number of ether oxygens (including phenoxy) is 1. The van der Waals surface area contributed by atoms with Gasteiger partial charge in [-0.25, -0.2) is 4.39 Å². The fourth-order valence-electron chi connectivity index (χ4n) is 5.31. The molecule has 0 saturated carbocycles. The molecule has 2 aromatic carbocycles. The molecule has 1 aromatic heterocycles. The second-order valence-electron chi connectivity index (χ2n) is 8.62. The summed E-state index contributed by atoms with van der Waals surface area (Å²) in [5.74, 6) is -0.199. The second kappa shape index (κ2) is 7.54. The Hall–Kier alpha value is -3.12. The third kappa shape index (κ3) is 3.13. The fourth-order valence-corrected chi connectivity index (χ4v) is 5.31. The van der Waals surface area contributed by atoms with Crippen LogP contribution in [0.4, 0.5) is 10.1 Å². The lowest BCUT2D eigenvalue weighted by Crippen LogP contribution is -2.44. The number of nitrogens with two attached hydrogens (primary N) is 1. The molecular formula is C25H27FN4O. The van der Waals surface area contributed by atoms with E-state index in [1.54, 1.807) is 18.3 Å². The van der Waals surface area contributed by atoms with Crippen molar-refractivity contribution in [3.63, 3.8) is 0 Å². The predicted molar refractivity (Wildman–Crippen MR) is 121 cm³/mol. The van der Waals surface area contributed by atoms with Crippen molar-refractivity contribution in [2.75, 3.05) is 25.1 Å². The standard InChI is InChI=1S/C25H27FN4O/c1-16(19-9-12-28-29-19)22-20(7-8-21(31-2)23(22)26)30-13-10-25(11-14-30)15-17-5-3-4-6-18(17)24(25)27/h3-9,12,24H,1,10-11,13-15,27H2,2H3,(H,28,29)/t24-/m1/s1. The highest BCUT2D eigenvalue weighted by Crippen LogP contribution is 2.51. The SMILES string of the molecule is C=C(c1cc[nH]n1)c1c(N2CCC3(CC2)Cc2ccccc2[C@H]3N)ccc(OC)c1F. The molecule has 0 bridgehead atoms. The van der Waals surface area contributed by atoms with Crippen LogP contribution in [-0.2, 0) is 6.42 Å². The van der Waals surface area contributed by atoms with Gasteiger partial charge in [0.2, 0.25) is 0 Å². The number of fused-ring (bicyclic) bond motifs is 1. The van der Waals surface area contributed by atoms with E-state index in [0.717, 1.165) is 38.0 Å².